The first-order valence-electron chi connectivity index (χ1n) is 7.19. The number of hydrogen-bond donors (Lipinski definition) is 0. The summed E-state index contributed by atoms with van der Waals surface area (Å²) in [4.78, 5) is 8.65. The maximum atomic E-state index is 13.8. The van der Waals surface area contributed by atoms with Gasteiger partial charge in [-0.05, 0) is 26.0 Å². The molecule has 6 heteroatoms. The van der Waals surface area contributed by atoms with Gasteiger partial charge in [0.25, 0.3) is 0 Å². The van der Waals surface area contributed by atoms with E-state index < -0.39 is 0 Å². The van der Waals surface area contributed by atoms with Crippen molar-refractivity contribution in [3.05, 3.63) is 41.8 Å². The number of rotatable bonds is 3. The van der Waals surface area contributed by atoms with Crippen LogP contribution >= 0.6 is 0 Å². The zero-order chi connectivity index (χ0) is 14.8. The topological polar surface area (TPSA) is 45.4 Å². The number of para-hydroxylation sites is 1. The Balaban J connectivity index is 1.64. The van der Waals surface area contributed by atoms with Gasteiger partial charge in [0.05, 0.1) is 11.7 Å². The second kappa shape index (κ2) is 5.81. The van der Waals surface area contributed by atoms with Gasteiger partial charge < -0.3 is 9.42 Å². The number of benzene rings is 1. The Morgan fingerprint density at radius 2 is 1.90 bits per heavy atom. The summed E-state index contributed by atoms with van der Waals surface area (Å²) in [7, 11) is 0. The van der Waals surface area contributed by atoms with E-state index in [2.05, 4.69) is 26.9 Å². The molecule has 0 saturated carbocycles. The molecule has 0 bridgehead atoms. The van der Waals surface area contributed by atoms with E-state index in [-0.39, 0.29) is 11.9 Å². The molecule has 21 heavy (non-hydrogen) atoms. The van der Waals surface area contributed by atoms with Crippen LogP contribution in [0.2, 0.25) is 0 Å². The smallest absolute Gasteiger partial charge is 0.243 e. The maximum absolute atomic E-state index is 13.8. The summed E-state index contributed by atoms with van der Waals surface area (Å²) >= 11 is 0. The average Bonchev–Trinajstić information content (AvgIpc) is 2.94. The number of hydrogen-bond acceptors (Lipinski definition) is 5. The summed E-state index contributed by atoms with van der Waals surface area (Å²) in [6, 6.07) is 7.01. The number of anilines is 1. The molecule has 2 heterocycles. The molecule has 1 aliphatic heterocycles. The zero-order valence-corrected chi connectivity index (χ0v) is 12.3. The number of halogens is 1. The van der Waals surface area contributed by atoms with Crippen molar-refractivity contribution in [2.75, 3.05) is 31.1 Å². The lowest BCUT2D eigenvalue weighted by atomic mass is 10.2. The third kappa shape index (κ3) is 2.90. The highest BCUT2D eigenvalue weighted by Crippen LogP contribution is 2.24. The third-order valence-corrected chi connectivity index (χ3v) is 3.96. The Bertz CT molecular complexity index is 607. The predicted octanol–water partition coefficient (Wildman–Crippen LogP) is 2.40. The van der Waals surface area contributed by atoms with Crippen LogP contribution < -0.4 is 4.90 Å². The SMILES string of the molecule is Cc1noc(C(C)N2CCN(c3ccccc3F)CC2)n1. The van der Waals surface area contributed by atoms with E-state index >= 15 is 0 Å². The van der Waals surface area contributed by atoms with E-state index in [0.717, 1.165) is 26.2 Å². The van der Waals surface area contributed by atoms with Crippen molar-refractivity contribution >= 4 is 5.69 Å². The molecule has 3 rings (SSSR count). The monoisotopic (exact) mass is 290 g/mol. The van der Waals surface area contributed by atoms with Gasteiger partial charge in [-0.1, -0.05) is 17.3 Å². The molecule has 1 fully saturated rings. The number of piperazine rings is 1. The summed E-state index contributed by atoms with van der Waals surface area (Å²) in [5, 5.41) is 3.83. The normalized spacial score (nSPS) is 18.0. The summed E-state index contributed by atoms with van der Waals surface area (Å²) in [5.41, 5.74) is 0.679. The van der Waals surface area contributed by atoms with Gasteiger partial charge in [0.1, 0.15) is 5.82 Å². The summed E-state index contributed by atoms with van der Waals surface area (Å²) < 4.78 is 19.0. The Hall–Kier alpha value is -1.95. The quantitative estimate of drug-likeness (QED) is 0.868. The molecule has 1 aliphatic rings. The highest BCUT2D eigenvalue weighted by atomic mass is 19.1. The highest BCUT2D eigenvalue weighted by Gasteiger charge is 2.26. The minimum atomic E-state index is -0.161. The number of aryl methyl sites for hydroxylation is 1. The molecule has 0 N–H and O–H groups in total. The van der Waals surface area contributed by atoms with E-state index in [9.17, 15) is 4.39 Å². The van der Waals surface area contributed by atoms with Crippen molar-refractivity contribution in [3.8, 4) is 0 Å². The Morgan fingerprint density at radius 1 is 1.19 bits per heavy atom. The molecule has 1 aromatic heterocycles. The molecule has 1 atom stereocenters. The molecule has 0 amide bonds. The second-order valence-corrected chi connectivity index (χ2v) is 5.33. The molecule has 2 aromatic rings. The third-order valence-electron chi connectivity index (χ3n) is 3.96. The van der Waals surface area contributed by atoms with Crippen molar-refractivity contribution in [1.82, 2.24) is 15.0 Å². The van der Waals surface area contributed by atoms with Gasteiger partial charge in [0.2, 0.25) is 5.89 Å². The summed E-state index contributed by atoms with van der Waals surface area (Å²) in [5.74, 6) is 1.14. The van der Waals surface area contributed by atoms with Crippen LogP contribution in [0.25, 0.3) is 0 Å². The second-order valence-electron chi connectivity index (χ2n) is 5.33. The predicted molar refractivity (Wildman–Crippen MR) is 77.6 cm³/mol. The highest BCUT2D eigenvalue weighted by molar-refractivity contribution is 5.48. The van der Waals surface area contributed by atoms with E-state index in [1.54, 1.807) is 6.07 Å². The molecule has 112 valence electrons. The van der Waals surface area contributed by atoms with Gasteiger partial charge in [0.15, 0.2) is 5.82 Å². The molecule has 1 saturated heterocycles. The fourth-order valence-electron chi connectivity index (χ4n) is 2.70. The van der Waals surface area contributed by atoms with Crippen LogP contribution in [-0.2, 0) is 0 Å². The van der Waals surface area contributed by atoms with E-state index in [1.165, 1.54) is 6.07 Å². The average molecular weight is 290 g/mol. The first-order valence-corrected chi connectivity index (χ1v) is 7.19. The van der Waals surface area contributed by atoms with Gasteiger partial charge >= 0.3 is 0 Å². The Kier molecular flexibility index (Phi) is 3.88. The van der Waals surface area contributed by atoms with Gasteiger partial charge in [-0.25, -0.2) is 4.39 Å². The first-order chi connectivity index (χ1) is 10.1. The fourth-order valence-corrected chi connectivity index (χ4v) is 2.70. The minimum absolute atomic E-state index is 0.0916. The minimum Gasteiger partial charge on any atom is -0.367 e. The van der Waals surface area contributed by atoms with Gasteiger partial charge in [0, 0.05) is 26.2 Å². The van der Waals surface area contributed by atoms with Gasteiger partial charge in [-0.2, -0.15) is 4.98 Å². The molecule has 0 radical (unpaired) electrons. The van der Waals surface area contributed by atoms with Crippen LogP contribution in [0.3, 0.4) is 0 Å². The molecule has 0 spiro atoms. The summed E-state index contributed by atoms with van der Waals surface area (Å²) in [6.45, 7) is 7.15. The van der Waals surface area contributed by atoms with Crippen LogP contribution in [0, 0.1) is 12.7 Å². The summed E-state index contributed by atoms with van der Waals surface area (Å²) in [6.07, 6.45) is 0. The molecule has 5 nitrogen and oxygen atoms in total. The van der Waals surface area contributed by atoms with Gasteiger partial charge in [-0.3, -0.25) is 4.90 Å². The number of aromatic nitrogens is 2. The fraction of sp³-hybridized carbons (Fsp3) is 0.467. The lowest BCUT2D eigenvalue weighted by Gasteiger charge is -2.38. The van der Waals surface area contributed by atoms with Gasteiger partial charge in [-0.15, -0.1) is 0 Å². The van der Waals surface area contributed by atoms with Crippen LogP contribution in [-0.4, -0.2) is 41.2 Å². The van der Waals surface area contributed by atoms with Crippen molar-refractivity contribution < 1.29 is 8.91 Å². The lowest BCUT2D eigenvalue weighted by Crippen LogP contribution is -2.47. The zero-order valence-electron chi connectivity index (χ0n) is 12.3. The lowest BCUT2D eigenvalue weighted by molar-refractivity contribution is 0.164. The van der Waals surface area contributed by atoms with Crippen molar-refractivity contribution in [3.63, 3.8) is 0 Å². The van der Waals surface area contributed by atoms with Crippen molar-refractivity contribution in [2.45, 2.75) is 19.9 Å². The molecule has 1 aromatic carbocycles. The van der Waals surface area contributed by atoms with Crippen LogP contribution in [0.4, 0.5) is 10.1 Å². The number of nitrogens with zero attached hydrogens (tertiary/aromatic N) is 4. The van der Waals surface area contributed by atoms with E-state index in [0.29, 0.717) is 17.4 Å². The van der Waals surface area contributed by atoms with Crippen molar-refractivity contribution in [1.29, 1.82) is 0 Å². The molecular formula is C15H19FN4O. The largest absolute Gasteiger partial charge is 0.367 e. The molecular weight excluding hydrogens is 271 g/mol. The van der Waals surface area contributed by atoms with E-state index in [4.69, 9.17) is 4.52 Å². The van der Waals surface area contributed by atoms with Crippen LogP contribution in [0.5, 0.6) is 0 Å². The molecule has 0 aliphatic carbocycles. The van der Waals surface area contributed by atoms with Crippen LogP contribution in [0.1, 0.15) is 24.7 Å². The van der Waals surface area contributed by atoms with E-state index in [1.807, 2.05) is 19.1 Å². The Morgan fingerprint density at radius 3 is 2.52 bits per heavy atom. The Labute approximate surface area is 123 Å². The maximum Gasteiger partial charge on any atom is 0.243 e. The first kappa shape index (κ1) is 14.0. The standard InChI is InChI=1S/C15H19FN4O/c1-11(15-17-12(2)18-21-15)19-7-9-20(10-8-19)14-6-4-3-5-13(14)16/h3-6,11H,7-10H2,1-2H3. The van der Waals surface area contributed by atoms with Crippen molar-refractivity contribution in [2.24, 2.45) is 0 Å². The molecule has 1 unspecified atom stereocenters. The van der Waals surface area contributed by atoms with Crippen LogP contribution in [0.15, 0.2) is 28.8 Å².